The molecule has 160 valence electrons. The molecule has 0 fully saturated rings. The van der Waals surface area contributed by atoms with Gasteiger partial charge in [-0.2, -0.15) is 4.98 Å². The molecule has 1 atom stereocenters. The van der Waals surface area contributed by atoms with Crippen molar-refractivity contribution in [2.75, 3.05) is 19.7 Å². The van der Waals surface area contributed by atoms with Crippen molar-refractivity contribution in [1.82, 2.24) is 15.0 Å². The lowest BCUT2D eigenvalue weighted by atomic mass is 10.2. The van der Waals surface area contributed by atoms with Crippen molar-refractivity contribution in [3.63, 3.8) is 0 Å². The molecule has 0 spiro atoms. The molecule has 8 nitrogen and oxygen atoms in total. The van der Waals surface area contributed by atoms with Crippen LogP contribution >= 0.6 is 0 Å². The normalized spacial score (nSPS) is 12.2. The Bertz CT molecular complexity index is 879. The lowest BCUT2D eigenvalue weighted by molar-refractivity contribution is -0.147. The third kappa shape index (κ3) is 6.82. The SMILES string of the molecule is CCCC(=O)OCC(O)CN(CCc1nc(-c2ccccc2)no1)Cc1ccco1. The van der Waals surface area contributed by atoms with E-state index in [2.05, 4.69) is 10.1 Å². The highest BCUT2D eigenvalue weighted by molar-refractivity contribution is 5.69. The molecule has 3 rings (SSSR count). The Hall–Kier alpha value is -2.97. The number of aliphatic hydroxyl groups is 1. The van der Waals surface area contributed by atoms with E-state index in [9.17, 15) is 9.90 Å². The second-order valence-corrected chi connectivity index (χ2v) is 7.03. The lowest BCUT2D eigenvalue weighted by Gasteiger charge is -2.23. The minimum atomic E-state index is -0.802. The van der Waals surface area contributed by atoms with E-state index in [-0.39, 0.29) is 12.6 Å². The van der Waals surface area contributed by atoms with Crippen LogP contribution in [0.1, 0.15) is 31.4 Å². The molecule has 0 aliphatic rings. The molecule has 2 heterocycles. The Morgan fingerprint density at radius 3 is 2.80 bits per heavy atom. The minimum absolute atomic E-state index is 0.0355. The van der Waals surface area contributed by atoms with Crippen LogP contribution in [-0.2, 0) is 22.5 Å². The summed E-state index contributed by atoms with van der Waals surface area (Å²) in [6, 6.07) is 13.3. The van der Waals surface area contributed by atoms with Crippen molar-refractivity contribution in [2.45, 2.75) is 38.8 Å². The van der Waals surface area contributed by atoms with Crippen LogP contribution in [0, 0.1) is 0 Å². The van der Waals surface area contributed by atoms with Crippen molar-refractivity contribution >= 4 is 5.97 Å². The Labute approximate surface area is 175 Å². The molecule has 0 saturated heterocycles. The van der Waals surface area contributed by atoms with Gasteiger partial charge >= 0.3 is 5.97 Å². The van der Waals surface area contributed by atoms with E-state index in [1.54, 1.807) is 6.26 Å². The Balaban J connectivity index is 1.56. The van der Waals surface area contributed by atoms with Crippen molar-refractivity contribution in [2.24, 2.45) is 0 Å². The van der Waals surface area contributed by atoms with E-state index >= 15 is 0 Å². The summed E-state index contributed by atoms with van der Waals surface area (Å²) in [5.74, 6) is 1.54. The summed E-state index contributed by atoms with van der Waals surface area (Å²) < 4.78 is 15.9. The Morgan fingerprint density at radius 2 is 2.07 bits per heavy atom. The number of ether oxygens (including phenoxy) is 1. The topological polar surface area (TPSA) is 102 Å². The monoisotopic (exact) mass is 413 g/mol. The summed E-state index contributed by atoms with van der Waals surface area (Å²) in [4.78, 5) is 18.0. The number of carbonyl (C=O) groups excluding carboxylic acids is 1. The van der Waals surface area contributed by atoms with Gasteiger partial charge in [0.2, 0.25) is 11.7 Å². The number of rotatable bonds is 12. The first-order valence-corrected chi connectivity index (χ1v) is 10.1. The van der Waals surface area contributed by atoms with Gasteiger partial charge in [-0.1, -0.05) is 42.4 Å². The number of furan rings is 1. The largest absolute Gasteiger partial charge is 0.468 e. The van der Waals surface area contributed by atoms with Gasteiger partial charge in [0.05, 0.1) is 12.8 Å². The number of benzene rings is 1. The van der Waals surface area contributed by atoms with Crippen LogP contribution in [0.25, 0.3) is 11.4 Å². The summed E-state index contributed by atoms with van der Waals surface area (Å²) in [7, 11) is 0. The number of nitrogens with zero attached hydrogens (tertiary/aromatic N) is 3. The van der Waals surface area contributed by atoms with Crippen LogP contribution in [-0.4, -0.2) is 51.9 Å². The molecule has 0 amide bonds. The molecule has 30 heavy (non-hydrogen) atoms. The van der Waals surface area contributed by atoms with Crippen LogP contribution in [0.3, 0.4) is 0 Å². The van der Waals surface area contributed by atoms with Crippen molar-refractivity contribution in [1.29, 1.82) is 0 Å². The fourth-order valence-corrected chi connectivity index (χ4v) is 2.99. The molecule has 0 bridgehead atoms. The predicted molar refractivity (Wildman–Crippen MR) is 109 cm³/mol. The fraction of sp³-hybridized carbons (Fsp3) is 0.409. The average Bonchev–Trinajstić information content (AvgIpc) is 3.43. The molecule has 1 aromatic carbocycles. The van der Waals surface area contributed by atoms with Gasteiger partial charge in [-0.3, -0.25) is 9.69 Å². The van der Waals surface area contributed by atoms with Gasteiger partial charge in [0.15, 0.2) is 0 Å². The standard InChI is InChI=1S/C22H27N3O5/c1-2-7-21(27)29-16-18(26)14-25(15-19-10-6-13-28-19)12-11-20-23-22(24-30-20)17-8-4-3-5-9-17/h3-6,8-10,13,18,26H,2,7,11-12,14-16H2,1H3. The molecule has 2 aromatic heterocycles. The molecule has 8 heteroatoms. The van der Waals surface area contributed by atoms with Crippen LogP contribution in [0.15, 0.2) is 57.7 Å². The summed E-state index contributed by atoms with van der Waals surface area (Å²) in [6.45, 7) is 3.26. The molecule has 0 aliphatic carbocycles. The molecule has 0 aliphatic heterocycles. The number of carbonyl (C=O) groups is 1. The van der Waals surface area contributed by atoms with E-state index in [1.165, 1.54) is 0 Å². The predicted octanol–water partition coefficient (Wildman–Crippen LogP) is 3.08. The summed E-state index contributed by atoms with van der Waals surface area (Å²) in [5.41, 5.74) is 0.893. The van der Waals surface area contributed by atoms with Gasteiger partial charge in [-0.25, -0.2) is 0 Å². The minimum Gasteiger partial charge on any atom is -0.468 e. The summed E-state index contributed by atoms with van der Waals surface area (Å²) in [6.07, 6.45) is 2.39. The zero-order valence-corrected chi connectivity index (χ0v) is 17.1. The zero-order valence-electron chi connectivity index (χ0n) is 17.1. The van der Waals surface area contributed by atoms with Crippen LogP contribution < -0.4 is 0 Å². The smallest absolute Gasteiger partial charge is 0.305 e. The van der Waals surface area contributed by atoms with Gasteiger partial charge in [-0.05, 0) is 18.6 Å². The van der Waals surface area contributed by atoms with Gasteiger partial charge < -0.3 is 18.8 Å². The molecular weight excluding hydrogens is 386 g/mol. The average molecular weight is 413 g/mol. The maximum absolute atomic E-state index is 11.5. The Kier molecular flexibility index (Phi) is 8.17. The number of aromatic nitrogens is 2. The second-order valence-electron chi connectivity index (χ2n) is 7.03. The number of hydrogen-bond acceptors (Lipinski definition) is 8. The summed E-state index contributed by atoms with van der Waals surface area (Å²) in [5, 5.41) is 14.4. The van der Waals surface area contributed by atoms with Gasteiger partial charge in [0, 0.05) is 31.5 Å². The molecule has 3 aromatic rings. The van der Waals surface area contributed by atoms with Crippen LogP contribution in [0.4, 0.5) is 0 Å². The van der Waals surface area contributed by atoms with E-state index in [0.717, 1.165) is 11.3 Å². The van der Waals surface area contributed by atoms with Crippen LogP contribution in [0.5, 0.6) is 0 Å². The lowest BCUT2D eigenvalue weighted by Crippen LogP contribution is -2.36. The number of hydrogen-bond donors (Lipinski definition) is 1. The first-order chi connectivity index (χ1) is 14.6. The first-order valence-electron chi connectivity index (χ1n) is 10.1. The molecule has 1 N–H and O–H groups in total. The molecule has 1 unspecified atom stereocenters. The third-order valence-corrected chi connectivity index (χ3v) is 4.46. The van der Waals surface area contributed by atoms with Crippen molar-refractivity contribution < 1.29 is 23.6 Å². The van der Waals surface area contributed by atoms with Gasteiger partial charge in [-0.15, -0.1) is 0 Å². The fourth-order valence-electron chi connectivity index (χ4n) is 2.99. The quantitative estimate of drug-likeness (QED) is 0.452. The number of aliphatic hydroxyl groups excluding tert-OH is 1. The van der Waals surface area contributed by atoms with Gasteiger partial charge in [0.25, 0.3) is 0 Å². The molecule has 0 radical (unpaired) electrons. The van der Waals surface area contributed by atoms with E-state index in [0.29, 0.717) is 50.6 Å². The molecule has 0 saturated carbocycles. The highest BCUT2D eigenvalue weighted by Crippen LogP contribution is 2.15. The van der Waals surface area contributed by atoms with E-state index < -0.39 is 6.10 Å². The van der Waals surface area contributed by atoms with Crippen LogP contribution in [0.2, 0.25) is 0 Å². The zero-order chi connectivity index (χ0) is 21.2. The van der Waals surface area contributed by atoms with Gasteiger partial charge in [0.1, 0.15) is 18.5 Å². The van der Waals surface area contributed by atoms with E-state index in [1.807, 2.05) is 54.3 Å². The second kappa shape index (κ2) is 11.3. The van der Waals surface area contributed by atoms with Crippen molar-refractivity contribution in [3.05, 3.63) is 60.4 Å². The first kappa shape index (κ1) is 21.7. The molecular formula is C22H27N3O5. The van der Waals surface area contributed by atoms with Crippen molar-refractivity contribution in [3.8, 4) is 11.4 Å². The highest BCUT2D eigenvalue weighted by atomic mass is 16.5. The maximum Gasteiger partial charge on any atom is 0.305 e. The number of esters is 1. The highest BCUT2D eigenvalue weighted by Gasteiger charge is 2.17. The maximum atomic E-state index is 11.5. The van der Waals surface area contributed by atoms with E-state index in [4.69, 9.17) is 13.7 Å². The third-order valence-electron chi connectivity index (χ3n) is 4.46. The summed E-state index contributed by atoms with van der Waals surface area (Å²) >= 11 is 0. The Morgan fingerprint density at radius 1 is 1.23 bits per heavy atom.